The monoisotopic (exact) mass is 364 g/mol. The minimum Gasteiger partial charge on any atom is -0.467 e. The van der Waals surface area contributed by atoms with Crippen LogP contribution in [-0.4, -0.2) is 15.9 Å². The molecule has 2 aromatic heterocycles. The number of furan rings is 1. The highest BCUT2D eigenvalue weighted by Crippen LogP contribution is 2.23. The summed E-state index contributed by atoms with van der Waals surface area (Å²) in [5.74, 6) is 0.934. The number of nitrogens with one attached hydrogen (secondary N) is 2. The van der Waals surface area contributed by atoms with E-state index < -0.39 is 0 Å². The van der Waals surface area contributed by atoms with Gasteiger partial charge < -0.3 is 15.1 Å². The Balaban J connectivity index is 1.81. The lowest BCUT2D eigenvalue weighted by Gasteiger charge is -2.14. The van der Waals surface area contributed by atoms with Crippen molar-refractivity contribution in [2.75, 3.05) is 10.6 Å². The van der Waals surface area contributed by atoms with Gasteiger partial charge in [-0.1, -0.05) is 32.0 Å². The van der Waals surface area contributed by atoms with E-state index in [1.165, 1.54) is 0 Å². The van der Waals surface area contributed by atoms with Gasteiger partial charge in [-0.3, -0.25) is 4.79 Å². The van der Waals surface area contributed by atoms with E-state index in [4.69, 9.17) is 4.42 Å². The Hall–Kier alpha value is -3.15. The number of rotatable bonds is 7. The van der Waals surface area contributed by atoms with Crippen LogP contribution in [0.3, 0.4) is 0 Å². The summed E-state index contributed by atoms with van der Waals surface area (Å²) >= 11 is 0. The molecule has 6 nitrogen and oxygen atoms in total. The van der Waals surface area contributed by atoms with Gasteiger partial charge in [0.1, 0.15) is 11.5 Å². The highest BCUT2D eigenvalue weighted by atomic mass is 16.3. The van der Waals surface area contributed by atoms with E-state index in [9.17, 15) is 4.79 Å². The van der Waals surface area contributed by atoms with E-state index in [0.29, 0.717) is 18.2 Å². The highest BCUT2D eigenvalue weighted by molar-refractivity contribution is 6.04. The van der Waals surface area contributed by atoms with Crippen molar-refractivity contribution in [1.82, 2.24) is 9.97 Å². The molecule has 3 aromatic rings. The number of carbonyl (C=O) groups is 1. The number of aromatic nitrogens is 2. The molecule has 3 rings (SSSR count). The Morgan fingerprint density at radius 1 is 1.07 bits per heavy atom. The zero-order valence-electron chi connectivity index (χ0n) is 15.9. The van der Waals surface area contributed by atoms with Gasteiger partial charge in [-0.2, -0.15) is 0 Å². The molecule has 0 saturated carbocycles. The first-order chi connectivity index (χ1) is 13.1. The molecule has 140 valence electrons. The van der Waals surface area contributed by atoms with E-state index in [2.05, 4.69) is 34.4 Å². The number of anilines is 2. The van der Waals surface area contributed by atoms with Crippen molar-refractivity contribution in [3.63, 3.8) is 0 Å². The largest absolute Gasteiger partial charge is 0.467 e. The second-order valence-corrected chi connectivity index (χ2v) is 6.26. The highest BCUT2D eigenvalue weighted by Gasteiger charge is 2.15. The fourth-order valence-electron chi connectivity index (χ4n) is 2.92. The Bertz CT molecular complexity index is 898. The molecular weight excluding hydrogens is 340 g/mol. The van der Waals surface area contributed by atoms with Crippen LogP contribution in [0.15, 0.2) is 47.1 Å². The Labute approximate surface area is 159 Å². The first-order valence-electron chi connectivity index (χ1n) is 9.14. The first-order valence-corrected chi connectivity index (χ1v) is 9.14. The molecule has 1 amide bonds. The van der Waals surface area contributed by atoms with Gasteiger partial charge in [0.2, 0.25) is 5.95 Å². The summed E-state index contributed by atoms with van der Waals surface area (Å²) in [4.78, 5) is 21.6. The summed E-state index contributed by atoms with van der Waals surface area (Å²) < 4.78 is 5.30. The molecule has 0 radical (unpaired) electrons. The van der Waals surface area contributed by atoms with Crippen LogP contribution < -0.4 is 10.6 Å². The molecule has 0 saturated heterocycles. The van der Waals surface area contributed by atoms with Gasteiger partial charge in [0.15, 0.2) is 0 Å². The molecule has 2 N–H and O–H groups in total. The van der Waals surface area contributed by atoms with E-state index >= 15 is 0 Å². The van der Waals surface area contributed by atoms with Crippen LogP contribution in [0, 0.1) is 6.92 Å². The van der Waals surface area contributed by atoms with E-state index in [-0.39, 0.29) is 5.91 Å². The molecule has 0 bridgehead atoms. The van der Waals surface area contributed by atoms with Crippen molar-refractivity contribution in [3.8, 4) is 0 Å². The van der Waals surface area contributed by atoms with Gasteiger partial charge in [0.05, 0.1) is 12.8 Å². The maximum Gasteiger partial charge on any atom is 0.274 e. The third kappa shape index (κ3) is 4.53. The Morgan fingerprint density at radius 2 is 1.81 bits per heavy atom. The van der Waals surface area contributed by atoms with Crippen molar-refractivity contribution in [2.24, 2.45) is 0 Å². The number of benzene rings is 1. The molecule has 0 fully saturated rings. The van der Waals surface area contributed by atoms with Crippen LogP contribution in [-0.2, 0) is 19.4 Å². The number of para-hydroxylation sites is 1. The van der Waals surface area contributed by atoms with Gasteiger partial charge in [-0.05, 0) is 49.1 Å². The van der Waals surface area contributed by atoms with Crippen LogP contribution in [0.4, 0.5) is 11.6 Å². The average Bonchev–Trinajstić information content (AvgIpc) is 3.19. The van der Waals surface area contributed by atoms with E-state index in [1.807, 2.05) is 37.3 Å². The lowest BCUT2D eigenvalue weighted by molar-refractivity contribution is 0.102. The summed E-state index contributed by atoms with van der Waals surface area (Å²) in [7, 11) is 0. The van der Waals surface area contributed by atoms with Gasteiger partial charge in [0.25, 0.3) is 5.91 Å². The van der Waals surface area contributed by atoms with Crippen LogP contribution in [0.5, 0.6) is 0 Å². The number of nitrogens with zero attached hydrogens (tertiary/aromatic N) is 2. The van der Waals surface area contributed by atoms with Crippen LogP contribution >= 0.6 is 0 Å². The van der Waals surface area contributed by atoms with Gasteiger partial charge in [-0.25, -0.2) is 9.97 Å². The molecular formula is C21H24N4O2. The third-order valence-corrected chi connectivity index (χ3v) is 4.33. The van der Waals surface area contributed by atoms with Crippen LogP contribution in [0.2, 0.25) is 0 Å². The van der Waals surface area contributed by atoms with Crippen molar-refractivity contribution in [2.45, 2.75) is 40.2 Å². The quantitative estimate of drug-likeness (QED) is 0.651. The molecule has 27 heavy (non-hydrogen) atoms. The smallest absolute Gasteiger partial charge is 0.274 e. The van der Waals surface area contributed by atoms with Crippen molar-refractivity contribution < 1.29 is 9.21 Å². The predicted octanol–water partition coefficient (Wildman–Crippen LogP) is 4.37. The number of hydrogen-bond donors (Lipinski definition) is 2. The summed E-state index contributed by atoms with van der Waals surface area (Å²) in [6, 6.07) is 11.5. The summed E-state index contributed by atoms with van der Waals surface area (Å²) in [6.07, 6.45) is 3.31. The zero-order valence-corrected chi connectivity index (χ0v) is 15.9. The second kappa shape index (κ2) is 8.49. The van der Waals surface area contributed by atoms with Gasteiger partial charge in [0, 0.05) is 11.4 Å². The van der Waals surface area contributed by atoms with Gasteiger partial charge >= 0.3 is 0 Å². The Kier molecular flexibility index (Phi) is 5.86. The number of amides is 1. The van der Waals surface area contributed by atoms with E-state index in [1.54, 1.807) is 12.3 Å². The molecule has 6 heteroatoms. The number of hydrogen-bond acceptors (Lipinski definition) is 5. The minimum atomic E-state index is -0.239. The Morgan fingerprint density at radius 3 is 2.44 bits per heavy atom. The first kappa shape index (κ1) is 18.6. The average molecular weight is 364 g/mol. The molecule has 0 atom stereocenters. The maximum absolute atomic E-state index is 12.8. The lowest BCUT2D eigenvalue weighted by atomic mass is 10.0. The van der Waals surface area contributed by atoms with Crippen molar-refractivity contribution >= 4 is 17.5 Å². The van der Waals surface area contributed by atoms with E-state index in [0.717, 1.165) is 41.1 Å². The minimum absolute atomic E-state index is 0.239. The number of aryl methyl sites for hydroxylation is 3. The summed E-state index contributed by atoms with van der Waals surface area (Å²) in [5, 5.41) is 6.14. The summed E-state index contributed by atoms with van der Waals surface area (Å²) in [5.41, 5.74) is 4.16. The zero-order chi connectivity index (χ0) is 19.2. The van der Waals surface area contributed by atoms with Crippen LogP contribution in [0.1, 0.15) is 46.9 Å². The molecule has 0 aliphatic carbocycles. The van der Waals surface area contributed by atoms with Crippen molar-refractivity contribution in [3.05, 3.63) is 70.9 Å². The van der Waals surface area contributed by atoms with Crippen LogP contribution in [0.25, 0.3) is 0 Å². The number of carbonyl (C=O) groups excluding carboxylic acids is 1. The molecule has 0 spiro atoms. The molecule has 0 unspecified atom stereocenters. The fraction of sp³-hybridized carbons (Fsp3) is 0.286. The van der Waals surface area contributed by atoms with Crippen molar-refractivity contribution in [1.29, 1.82) is 0 Å². The molecule has 2 heterocycles. The second-order valence-electron chi connectivity index (χ2n) is 6.26. The molecule has 0 aliphatic rings. The summed E-state index contributed by atoms with van der Waals surface area (Å²) in [6.45, 7) is 6.45. The van der Waals surface area contributed by atoms with Gasteiger partial charge in [-0.15, -0.1) is 0 Å². The fourth-order valence-corrected chi connectivity index (χ4v) is 2.92. The molecule has 1 aromatic carbocycles. The normalized spacial score (nSPS) is 10.6. The lowest BCUT2D eigenvalue weighted by Crippen LogP contribution is -2.18. The third-order valence-electron chi connectivity index (χ3n) is 4.33. The maximum atomic E-state index is 12.8. The molecule has 0 aliphatic heterocycles. The topological polar surface area (TPSA) is 80.0 Å². The predicted molar refractivity (Wildman–Crippen MR) is 106 cm³/mol. The SMILES string of the molecule is CCc1cccc(CC)c1NC(=O)c1cc(C)nc(NCc2ccco2)n1. The standard InChI is InChI=1S/C21H24N4O2/c1-4-15-8-6-9-16(5-2)19(15)25-20(26)18-12-14(3)23-21(24-18)22-13-17-10-7-11-27-17/h6-12H,4-5,13H2,1-3H3,(H,25,26)(H,22,23,24).